The first-order valence-corrected chi connectivity index (χ1v) is 7.03. The van der Waals surface area contributed by atoms with E-state index in [4.69, 9.17) is 10.5 Å². The second kappa shape index (κ2) is 5.90. The standard InChI is InChI=1S/C15H25N3O/c1-5-12-14(15(16)18-17-12)10-6-7-13(19-4)11(8-10)9(2)3/h6-9,12,14-15,17-18H,5,16H2,1-4H3. The van der Waals surface area contributed by atoms with Crippen LogP contribution in [0, 0.1) is 0 Å². The number of benzene rings is 1. The van der Waals surface area contributed by atoms with Crippen molar-refractivity contribution in [2.24, 2.45) is 5.73 Å². The van der Waals surface area contributed by atoms with Crippen LogP contribution in [0.15, 0.2) is 18.2 Å². The van der Waals surface area contributed by atoms with E-state index in [1.165, 1.54) is 11.1 Å². The number of nitrogens with two attached hydrogens (primary N) is 1. The molecule has 0 bridgehead atoms. The molecule has 0 spiro atoms. The Hall–Kier alpha value is -1.10. The molecular weight excluding hydrogens is 238 g/mol. The lowest BCUT2D eigenvalue weighted by Crippen LogP contribution is -2.38. The Bertz CT molecular complexity index is 433. The summed E-state index contributed by atoms with van der Waals surface area (Å²) in [5.41, 5.74) is 15.1. The highest BCUT2D eigenvalue weighted by molar-refractivity contribution is 5.41. The van der Waals surface area contributed by atoms with E-state index in [-0.39, 0.29) is 6.17 Å². The van der Waals surface area contributed by atoms with Gasteiger partial charge >= 0.3 is 0 Å². The van der Waals surface area contributed by atoms with Crippen LogP contribution >= 0.6 is 0 Å². The molecule has 0 amide bonds. The van der Waals surface area contributed by atoms with Crippen LogP contribution in [0.4, 0.5) is 0 Å². The topological polar surface area (TPSA) is 59.3 Å². The molecule has 0 aliphatic carbocycles. The van der Waals surface area contributed by atoms with Gasteiger partial charge in [0.15, 0.2) is 0 Å². The van der Waals surface area contributed by atoms with E-state index in [2.05, 4.69) is 49.8 Å². The minimum atomic E-state index is -0.0432. The largest absolute Gasteiger partial charge is 0.496 e. The first kappa shape index (κ1) is 14.3. The fraction of sp³-hybridized carbons (Fsp3) is 0.600. The van der Waals surface area contributed by atoms with Gasteiger partial charge < -0.3 is 10.5 Å². The van der Waals surface area contributed by atoms with E-state index in [0.29, 0.717) is 17.9 Å². The van der Waals surface area contributed by atoms with Gasteiger partial charge in [-0.25, -0.2) is 5.43 Å². The molecule has 4 nitrogen and oxygen atoms in total. The molecular formula is C15H25N3O. The van der Waals surface area contributed by atoms with Crippen LogP contribution in [0.25, 0.3) is 0 Å². The van der Waals surface area contributed by atoms with Crippen molar-refractivity contribution >= 4 is 0 Å². The maximum atomic E-state index is 6.17. The first-order valence-electron chi connectivity index (χ1n) is 7.03. The summed E-state index contributed by atoms with van der Waals surface area (Å²) in [5.74, 6) is 1.70. The highest BCUT2D eigenvalue weighted by Gasteiger charge is 2.33. The van der Waals surface area contributed by atoms with E-state index >= 15 is 0 Å². The second-order valence-electron chi connectivity index (χ2n) is 5.51. The lowest BCUT2D eigenvalue weighted by Gasteiger charge is -2.22. The van der Waals surface area contributed by atoms with Gasteiger partial charge in [-0.2, -0.15) is 0 Å². The summed E-state index contributed by atoms with van der Waals surface area (Å²) >= 11 is 0. The average Bonchev–Trinajstić information content (AvgIpc) is 2.79. The van der Waals surface area contributed by atoms with Crippen LogP contribution < -0.4 is 21.3 Å². The van der Waals surface area contributed by atoms with Gasteiger partial charge in [0, 0.05) is 12.0 Å². The van der Waals surface area contributed by atoms with Crippen LogP contribution in [-0.4, -0.2) is 19.3 Å². The van der Waals surface area contributed by atoms with Crippen molar-refractivity contribution in [3.63, 3.8) is 0 Å². The van der Waals surface area contributed by atoms with E-state index in [9.17, 15) is 0 Å². The monoisotopic (exact) mass is 263 g/mol. The maximum absolute atomic E-state index is 6.17. The molecule has 1 heterocycles. The van der Waals surface area contributed by atoms with Gasteiger partial charge in [-0.05, 0) is 29.5 Å². The Balaban J connectivity index is 2.37. The molecule has 0 radical (unpaired) electrons. The van der Waals surface area contributed by atoms with Gasteiger partial charge in [0.1, 0.15) is 5.75 Å². The van der Waals surface area contributed by atoms with Crippen molar-refractivity contribution in [3.8, 4) is 5.75 Å². The number of hydrazine groups is 1. The van der Waals surface area contributed by atoms with Crippen molar-refractivity contribution in [1.29, 1.82) is 0 Å². The van der Waals surface area contributed by atoms with Gasteiger partial charge in [0.2, 0.25) is 0 Å². The SMILES string of the molecule is CCC1NNC(N)C1c1ccc(OC)c(C(C)C)c1. The fourth-order valence-corrected chi connectivity index (χ4v) is 2.84. The molecule has 4 heteroatoms. The minimum Gasteiger partial charge on any atom is -0.496 e. The predicted molar refractivity (Wildman–Crippen MR) is 78.1 cm³/mol. The lowest BCUT2D eigenvalue weighted by atomic mass is 9.87. The Kier molecular flexibility index (Phi) is 4.45. The second-order valence-corrected chi connectivity index (χ2v) is 5.51. The van der Waals surface area contributed by atoms with Crippen LogP contribution in [-0.2, 0) is 0 Å². The van der Waals surface area contributed by atoms with E-state index in [0.717, 1.165) is 12.2 Å². The highest BCUT2D eigenvalue weighted by atomic mass is 16.5. The van der Waals surface area contributed by atoms with Crippen molar-refractivity contribution in [2.45, 2.75) is 51.2 Å². The molecule has 19 heavy (non-hydrogen) atoms. The average molecular weight is 263 g/mol. The zero-order valence-electron chi connectivity index (χ0n) is 12.2. The van der Waals surface area contributed by atoms with Gasteiger partial charge in [0.05, 0.1) is 13.3 Å². The summed E-state index contributed by atoms with van der Waals surface area (Å²) in [7, 11) is 1.72. The summed E-state index contributed by atoms with van der Waals surface area (Å²) in [5, 5.41) is 0. The molecule has 1 saturated heterocycles. The van der Waals surface area contributed by atoms with Gasteiger partial charge in [-0.1, -0.05) is 32.9 Å². The number of ether oxygens (including phenoxy) is 1. The Morgan fingerprint density at radius 3 is 2.63 bits per heavy atom. The smallest absolute Gasteiger partial charge is 0.122 e. The van der Waals surface area contributed by atoms with Crippen LogP contribution in [0.1, 0.15) is 50.2 Å². The van der Waals surface area contributed by atoms with Crippen LogP contribution in [0.5, 0.6) is 5.75 Å². The first-order chi connectivity index (χ1) is 9.08. The number of hydrogen-bond acceptors (Lipinski definition) is 4. The molecule has 1 aromatic carbocycles. The van der Waals surface area contributed by atoms with E-state index in [1.54, 1.807) is 7.11 Å². The molecule has 0 aromatic heterocycles. The third-order valence-corrected chi connectivity index (χ3v) is 3.96. The zero-order valence-corrected chi connectivity index (χ0v) is 12.2. The Labute approximate surface area is 115 Å². The third kappa shape index (κ3) is 2.76. The fourth-order valence-electron chi connectivity index (χ4n) is 2.84. The summed E-state index contributed by atoms with van der Waals surface area (Å²) in [4.78, 5) is 0. The summed E-state index contributed by atoms with van der Waals surface area (Å²) in [6.07, 6.45) is 1.01. The van der Waals surface area contributed by atoms with Crippen LogP contribution in [0.2, 0.25) is 0 Å². The quantitative estimate of drug-likeness (QED) is 0.778. The minimum absolute atomic E-state index is 0.0432. The molecule has 3 unspecified atom stereocenters. The molecule has 1 fully saturated rings. The molecule has 4 N–H and O–H groups in total. The van der Waals surface area contributed by atoms with Gasteiger partial charge in [-0.3, -0.25) is 5.43 Å². The molecule has 3 atom stereocenters. The number of hydrogen-bond donors (Lipinski definition) is 3. The highest BCUT2D eigenvalue weighted by Crippen LogP contribution is 2.33. The normalized spacial score (nSPS) is 26.9. The molecule has 1 aromatic rings. The molecule has 0 saturated carbocycles. The Morgan fingerprint density at radius 1 is 1.32 bits per heavy atom. The molecule has 1 aliphatic heterocycles. The molecule has 1 aliphatic rings. The van der Waals surface area contributed by atoms with Crippen molar-refractivity contribution < 1.29 is 4.74 Å². The summed E-state index contributed by atoms with van der Waals surface area (Å²) in [6.45, 7) is 6.55. The molecule has 106 valence electrons. The number of nitrogens with one attached hydrogen (secondary N) is 2. The number of rotatable bonds is 4. The maximum Gasteiger partial charge on any atom is 0.122 e. The summed E-state index contributed by atoms with van der Waals surface area (Å²) < 4.78 is 5.44. The molecule has 2 rings (SSSR count). The van der Waals surface area contributed by atoms with Crippen LogP contribution in [0.3, 0.4) is 0 Å². The van der Waals surface area contributed by atoms with Gasteiger partial charge in [0.25, 0.3) is 0 Å². The third-order valence-electron chi connectivity index (χ3n) is 3.96. The van der Waals surface area contributed by atoms with E-state index < -0.39 is 0 Å². The van der Waals surface area contributed by atoms with Crippen molar-refractivity contribution in [1.82, 2.24) is 10.9 Å². The zero-order chi connectivity index (χ0) is 14.0. The Morgan fingerprint density at radius 2 is 2.05 bits per heavy atom. The van der Waals surface area contributed by atoms with Gasteiger partial charge in [-0.15, -0.1) is 0 Å². The summed E-state index contributed by atoms with van der Waals surface area (Å²) in [6, 6.07) is 6.81. The van der Waals surface area contributed by atoms with Crippen molar-refractivity contribution in [3.05, 3.63) is 29.3 Å². The predicted octanol–water partition coefficient (Wildman–Crippen LogP) is 2.07. The number of methoxy groups -OCH3 is 1. The van der Waals surface area contributed by atoms with E-state index in [1.807, 2.05) is 0 Å². The van der Waals surface area contributed by atoms with Crippen molar-refractivity contribution in [2.75, 3.05) is 7.11 Å². The lowest BCUT2D eigenvalue weighted by molar-refractivity contribution is 0.406.